The minimum Gasteiger partial charge on any atom is -0.404 e. The van der Waals surface area contributed by atoms with E-state index in [1.165, 1.54) is 23.1 Å². The average molecular weight is 362 g/mol. The number of aliphatic imine (C=N–C) groups is 1. The van der Waals surface area contributed by atoms with Gasteiger partial charge in [-0.25, -0.2) is 9.37 Å². The lowest BCUT2D eigenvalue weighted by atomic mass is 10.0. The maximum atomic E-state index is 15.1. The third-order valence-corrected chi connectivity index (χ3v) is 4.09. The van der Waals surface area contributed by atoms with Crippen LogP contribution in [0.3, 0.4) is 0 Å². The maximum absolute atomic E-state index is 15.1. The van der Waals surface area contributed by atoms with Crippen LogP contribution in [0.5, 0.6) is 0 Å². The Balaban J connectivity index is 1.78. The first-order valence-electron chi connectivity index (χ1n) is 8.12. The molecule has 0 aliphatic carbocycles. The zero-order valence-electron chi connectivity index (χ0n) is 14.4. The third kappa shape index (κ3) is 2.99. The molecule has 1 unspecified atom stereocenters. The van der Waals surface area contributed by atoms with Crippen molar-refractivity contribution in [2.75, 3.05) is 7.05 Å². The van der Waals surface area contributed by atoms with Crippen molar-refractivity contribution in [2.24, 2.45) is 10.7 Å². The maximum Gasteiger partial charge on any atom is 0.272 e. The van der Waals surface area contributed by atoms with E-state index in [4.69, 9.17) is 5.73 Å². The molecule has 2 N–H and O–H groups in total. The largest absolute Gasteiger partial charge is 0.404 e. The minimum atomic E-state index is -1.51. The number of pyridine rings is 1. The second-order valence-corrected chi connectivity index (χ2v) is 5.76. The molecule has 4 rings (SSSR count). The Morgan fingerprint density at radius 3 is 2.93 bits per heavy atom. The van der Waals surface area contributed by atoms with Gasteiger partial charge >= 0.3 is 0 Å². The van der Waals surface area contributed by atoms with Gasteiger partial charge in [0.2, 0.25) is 0 Å². The average Bonchev–Trinajstić information content (AvgIpc) is 3.14. The number of fused-ring (bicyclic) bond motifs is 2. The summed E-state index contributed by atoms with van der Waals surface area (Å²) in [4.78, 5) is 12.4. The molecule has 0 bridgehead atoms. The number of nitrogens with two attached hydrogens (primary N) is 1. The fraction of sp³-hybridized carbons (Fsp3) is 0.111. The molecule has 3 heterocycles. The number of alkyl halides is 1. The van der Waals surface area contributed by atoms with Gasteiger partial charge in [0, 0.05) is 42.2 Å². The van der Waals surface area contributed by atoms with Gasteiger partial charge in [-0.05, 0) is 23.8 Å². The summed E-state index contributed by atoms with van der Waals surface area (Å²) in [6.07, 6.45) is 6.23. The summed E-state index contributed by atoms with van der Waals surface area (Å²) < 4.78 is 16.4. The Kier molecular flexibility index (Phi) is 4.25. The summed E-state index contributed by atoms with van der Waals surface area (Å²) in [6.45, 7) is 0. The summed E-state index contributed by atoms with van der Waals surface area (Å²) >= 11 is 0. The lowest BCUT2D eigenvalue weighted by Crippen LogP contribution is -2.04. The number of nitrogens with zero attached hydrogens (tertiary/aromatic N) is 7. The molecule has 0 saturated heterocycles. The van der Waals surface area contributed by atoms with Crippen LogP contribution in [0.1, 0.15) is 23.1 Å². The first kappa shape index (κ1) is 16.7. The van der Waals surface area contributed by atoms with Crippen LogP contribution in [0, 0.1) is 0 Å². The van der Waals surface area contributed by atoms with Gasteiger partial charge in [-0.1, -0.05) is 6.07 Å². The number of hydrogen-bond acceptors (Lipinski definition) is 7. The van der Waals surface area contributed by atoms with Crippen molar-refractivity contribution >= 4 is 28.5 Å². The molecule has 0 radical (unpaired) electrons. The van der Waals surface area contributed by atoms with Gasteiger partial charge in [-0.2, -0.15) is 9.61 Å². The minimum absolute atomic E-state index is 0.0715. The molecule has 4 aromatic rings. The van der Waals surface area contributed by atoms with Crippen LogP contribution in [-0.4, -0.2) is 43.0 Å². The molecule has 0 saturated carbocycles. The number of hydrogen-bond donors (Lipinski definition) is 1. The molecule has 0 aliphatic rings. The number of aromatic nitrogens is 6. The van der Waals surface area contributed by atoms with E-state index in [2.05, 4.69) is 30.3 Å². The van der Waals surface area contributed by atoms with Crippen LogP contribution in [0.2, 0.25) is 0 Å². The van der Waals surface area contributed by atoms with Crippen molar-refractivity contribution in [3.05, 3.63) is 66.0 Å². The van der Waals surface area contributed by atoms with Crippen LogP contribution in [-0.2, 0) is 0 Å². The zero-order valence-corrected chi connectivity index (χ0v) is 14.4. The number of allylic oxidation sites excluding steroid dienone is 1. The van der Waals surface area contributed by atoms with E-state index in [0.717, 1.165) is 22.0 Å². The highest BCUT2D eigenvalue weighted by molar-refractivity contribution is 6.10. The third-order valence-electron chi connectivity index (χ3n) is 4.09. The Morgan fingerprint density at radius 2 is 2.11 bits per heavy atom. The number of rotatable bonds is 4. The lowest BCUT2D eigenvalue weighted by molar-refractivity contribution is 0.377. The molecule has 8 nitrogen and oxygen atoms in total. The van der Waals surface area contributed by atoms with E-state index in [1.807, 2.05) is 6.07 Å². The Hall–Kier alpha value is -3.75. The zero-order chi connectivity index (χ0) is 18.8. The molecule has 0 spiro atoms. The molecule has 134 valence electrons. The van der Waals surface area contributed by atoms with Crippen LogP contribution in [0.15, 0.2) is 54.0 Å². The Labute approximate surface area is 153 Å². The first-order chi connectivity index (χ1) is 13.2. The van der Waals surface area contributed by atoms with E-state index < -0.39 is 6.17 Å². The predicted molar refractivity (Wildman–Crippen MR) is 99.9 cm³/mol. The summed E-state index contributed by atoms with van der Waals surface area (Å²) in [6, 6.07) is 7.05. The van der Waals surface area contributed by atoms with Crippen molar-refractivity contribution in [3.63, 3.8) is 0 Å². The quantitative estimate of drug-likeness (QED) is 0.557. The standard InChI is InChI=1S/C18H15FN8/c1-21-9-14(8-20)13-7-12-6-11(2-3-15(12)23-10-13)16(19)17-25-26-18-22-4-5-24-27(17)18/h2-10,16H,20H2,1H3. The number of halogens is 1. The van der Waals surface area contributed by atoms with Gasteiger partial charge < -0.3 is 5.73 Å². The molecule has 27 heavy (non-hydrogen) atoms. The Morgan fingerprint density at radius 1 is 1.22 bits per heavy atom. The van der Waals surface area contributed by atoms with E-state index in [9.17, 15) is 0 Å². The summed E-state index contributed by atoms with van der Waals surface area (Å²) in [5.41, 5.74) is 8.34. The fourth-order valence-electron chi connectivity index (χ4n) is 2.80. The van der Waals surface area contributed by atoms with Crippen molar-refractivity contribution in [1.29, 1.82) is 0 Å². The van der Waals surface area contributed by atoms with Crippen molar-refractivity contribution < 1.29 is 4.39 Å². The monoisotopic (exact) mass is 362 g/mol. The van der Waals surface area contributed by atoms with Crippen molar-refractivity contribution in [2.45, 2.75) is 6.17 Å². The molecule has 1 aromatic carbocycles. The second kappa shape index (κ2) is 6.87. The van der Waals surface area contributed by atoms with E-state index in [0.29, 0.717) is 5.56 Å². The van der Waals surface area contributed by atoms with Gasteiger partial charge in [0.1, 0.15) is 0 Å². The van der Waals surface area contributed by atoms with E-state index >= 15 is 4.39 Å². The lowest BCUT2D eigenvalue weighted by Gasteiger charge is -2.09. The van der Waals surface area contributed by atoms with Crippen molar-refractivity contribution in [1.82, 2.24) is 29.8 Å². The molecule has 3 aromatic heterocycles. The first-order valence-corrected chi connectivity index (χ1v) is 8.12. The van der Waals surface area contributed by atoms with E-state index in [-0.39, 0.29) is 11.6 Å². The highest BCUT2D eigenvalue weighted by Crippen LogP contribution is 2.28. The van der Waals surface area contributed by atoms with Crippen LogP contribution in [0.4, 0.5) is 4.39 Å². The van der Waals surface area contributed by atoms with Crippen LogP contribution >= 0.6 is 0 Å². The molecular formula is C18H15FN8. The van der Waals surface area contributed by atoms with Gasteiger partial charge in [0.05, 0.1) is 17.9 Å². The van der Waals surface area contributed by atoms with Crippen LogP contribution in [0.25, 0.3) is 22.3 Å². The summed E-state index contributed by atoms with van der Waals surface area (Å²) in [7, 11) is 1.66. The normalized spacial score (nSPS) is 13.6. The van der Waals surface area contributed by atoms with Gasteiger partial charge in [0.25, 0.3) is 5.78 Å². The predicted octanol–water partition coefficient (Wildman–Crippen LogP) is 2.13. The van der Waals surface area contributed by atoms with Crippen LogP contribution < -0.4 is 5.73 Å². The molecule has 1 atom stereocenters. The smallest absolute Gasteiger partial charge is 0.272 e. The molecule has 0 fully saturated rings. The molecular weight excluding hydrogens is 347 g/mol. The molecule has 0 amide bonds. The van der Waals surface area contributed by atoms with Gasteiger partial charge in [-0.3, -0.25) is 9.98 Å². The summed E-state index contributed by atoms with van der Waals surface area (Å²) in [5, 5.41) is 12.6. The van der Waals surface area contributed by atoms with Crippen molar-refractivity contribution in [3.8, 4) is 0 Å². The Bertz CT molecular complexity index is 1180. The highest BCUT2D eigenvalue weighted by atomic mass is 19.1. The van der Waals surface area contributed by atoms with Gasteiger partial charge in [0.15, 0.2) is 12.0 Å². The fourth-order valence-corrected chi connectivity index (χ4v) is 2.80. The van der Waals surface area contributed by atoms with Gasteiger partial charge in [-0.15, -0.1) is 10.2 Å². The highest BCUT2D eigenvalue weighted by Gasteiger charge is 2.21. The van der Waals surface area contributed by atoms with E-state index in [1.54, 1.807) is 37.7 Å². The topological polar surface area (TPSA) is 107 Å². The molecule has 9 heteroatoms. The molecule has 0 aliphatic heterocycles. The summed E-state index contributed by atoms with van der Waals surface area (Å²) in [5.74, 6) is 0.318. The SMILES string of the molecule is CN=CC(=CN)c1cnc2ccc(C(F)c3nnc4nccnn34)cc2c1. The number of benzene rings is 1. The second-order valence-electron chi connectivity index (χ2n) is 5.76.